The predicted octanol–water partition coefficient (Wildman–Crippen LogP) is 3.86. The van der Waals surface area contributed by atoms with Crippen molar-refractivity contribution in [3.05, 3.63) is 54.1 Å². The van der Waals surface area contributed by atoms with Crippen molar-refractivity contribution in [2.45, 2.75) is 13.0 Å². The lowest BCUT2D eigenvalue weighted by Gasteiger charge is -2.25. The molecule has 0 aliphatic carbocycles. The minimum atomic E-state index is 0.537. The van der Waals surface area contributed by atoms with E-state index in [1.807, 2.05) is 48.5 Å². The number of anilines is 1. The van der Waals surface area contributed by atoms with Crippen LogP contribution in [0, 0.1) is 5.92 Å². The van der Waals surface area contributed by atoms with Crippen LogP contribution in [0.25, 0.3) is 11.1 Å². The first-order chi connectivity index (χ1) is 11.9. The third-order valence-corrected chi connectivity index (χ3v) is 4.14. The van der Waals surface area contributed by atoms with Crippen LogP contribution in [-0.2, 0) is 11.3 Å². The average Bonchev–Trinajstić information content (AvgIpc) is 2.98. The summed E-state index contributed by atoms with van der Waals surface area (Å²) in [6.07, 6.45) is 1.07. The highest BCUT2D eigenvalue weighted by Crippen LogP contribution is 2.24. The molecule has 0 atom stereocenters. The Morgan fingerprint density at radius 3 is 2.79 bits per heavy atom. The molecular formula is C19H20N2O3. The molecule has 2 heterocycles. The van der Waals surface area contributed by atoms with E-state index in [1.165, 1.54) is 0 Å². The van der Waals surface area contributed by atoms with Gasteiger partial charge in [0.05, 0.1) is 13.2 Å². The molecule has 0 radical (unpaired) electrons. The summed E-state index contributed by atoms with van der Waals surface area (Å²) in [6, 6.07) is 16.4. The van der Waals surface area contributed by atoms with Crippen LogP contribution in [0.4, 0.5) is 6.01 Å². The lowest BCUT2D eigenvalue weighted by molar-refractivity contribution is -0.0338. The highest BCUT2D eigenvalue weighted by molar-refractivity contribution is 5.76. The second-order valence-corrected chi connectivity index (χ2v) is 6.04. The molecular weight excluding hydrogens is 304 g/mol. The SMILES string of the molecule is c1ccc(COc2ccc3nc(NCCC4COC4)oc3c2)cc1. The maximum atomic E-state index is 5.82. The van der Waals surface area contributed by atoms with Crippen LogP contribution >= 0.6 is 0 Å². The Morgan fingerprint density at radius 1 is 1.12 bits per heavy atom. The van der Waals surface area contributed by atoms with Gasteiger partial charge in [-0.2, -0.15) is 4.98 Å². The summed E-state index contributed by atoms with van der Waals surface area (Å²) in [4.78, 5) is 4.45. The smallest absolute Gasteiger partial charge is 0.295 e. The van der Waals surface area contributed by atoms with Crippen molar-refractivity contribution < 1.29 is 13.9 Å². The lowest BCUT2D eigenvalue weighted by Crippen LogP contribution is -2.29. The van der Waals surface area contributed by atoms with Gasteiger partial charge in [-0.3, -0.25) is 0 Å². The van der Waals surface area contributed by atoms with Crippen molar-refractivity contribution in [2.24, 2.45) is 5.92 Å². The zero-order valence-electron chi connectivity index (χ0n) is 13.4. The van der Waals surface area contributed by atoms with Crippen LogP contribution < -0.4 is 10.1 Å². The fourth-order valence-corrected chi connectivity index (χ4v) is 2.65. The molecule has 2 aromatic carbocycles. The van der Waals surface area contributed by atoms with Gasteiger partial charge < -0.3 is 19.2 Å². The molecule has 3 aromatic rings. The molecule has 5 heteroatoms. The quantitative estimate of drug-likeness (QED) is 0.715. The molecule has 1 aromatic heterocycles. The molecule has 5 nitrogen and oxygen atoms in total. The zero-order chi connectivity index (χ0) is 16.2. The third kappa shape index (κ3) is 3.51. The molecule has 0 bridgehead atoms. The largest absolute Gasteiger partial charge is 0.489 e. The van der Waals surface area contributed by atoms with Crippen LogP contribution in [0.2, 0.25) is 0 Å². The second-order valence-electron chi connectivity index (χ2n) is 6.04. The van der Waals surface area contributed by atoms with Crippen molar-refractivity contribution >= 4 is 17.1 Å². The van der Waals surface area contributed by atoms with Gasteiger partial charge in [0.1, 0.15) is 17.9 Å². The highest BCUT2D eigenvalue weighted by Gasteiger charge is 2.17. The normalized spacial score (nSPS) is 14.5. The Bertz CT molecular complexity index is 797. The summed E-state index contributed by atoms with van der Waals surface area (Å²) in [5, 5.41) is 3.24. The minimum absolute atomic E-state index is 0.537. The van der Waals surface area contributed by atoms with E-state index in [4.69, 9.17) is 13.9 Å². The maximum absolute atomic E-state index is 5.82. The monoisotopic (exact) mass is 324 g/mol. The van der Waals surface area contributed by atoms with Crippen molar-refractivity contribution in [3.63, 3.8) is 0 Å². The molecule has 0 amide bonds. The van der Waals surface area contributed by atoms with E-state index < -0.39 is 0 Å². The van der Waals surface area contributed by atoms with Gasteiger partial charge >= 0.3 is 0 Å². The molecule has 1 aliphatic heterocycles. The van der Waals surface area contributed by atoms with Gasteiger partial charge in [-0.05, 0) is 24.1 Å². The average molecular weight is 324 g/mol. The van der Waals surface area contributed by atoms with Gasteiger partial charge in [-0.15, -0.1) is 0 Å². The van der Waals surface area contributed by atoms with E-state index in [0.29, 0.717) is 18.5 Å². The van der Waals surface area contributed by atoms with Crippen LogP contribution in [0.5, 0.6) is 5.75 Å². The van der Waals surface area contributed by atoms with Crippen molar-refractivity contribution in [2.75, 3.05) is 25.1 Å². The second kappa shape index (κ2) is 6.93. The molecule has 0 spiro atoms. The van der Waals surface area contributed by atoms with Crippen LogP contribution in [0.15, 0.2) is 52.9 Å². The first-order valence-corrected chi connectivity index (χ1v) is 8.26. The van der Waals surface area contributed by atoms with Crippen LogP contribution in [0.1, 0.15) is 12.0 Å². The fourth-order valence-electron chi connectivity index (χ4n) is 2.65. The highest BCUT2D eigenvalue weighted by atomic mass is 16.5. The van der Waals surface area contributed by atoms with Crippen LogP contribution in [-0.4, -0.2) is 24.7 Å². The third-order valence-electron chi connectivity index (χ3n) is 4.14. The van der Waals surface area contributed by atoms with Gasteiger partial charge in [-0.1, -0.05) is 30.3 Å². The summed E-state index contributed by atoms with van der Waals surface area (Å²) in [5.41, 5.74) is 2.70. The molecule has 124 valence electrons. The summed E-state index contributed by atoms with van der Waals surface area (Å²) in [7, 11) is 0. The van der Waals surface area contributed by atoms with Crippen molar-refractivity contribution in [1.29, 1.82) is 0 Å². The summed E-state index contributed by atoms with van der Waals surface area (Å²) in [5.74, 6) is 1.44. The Hall–Kier alpha value is -2.53. The summed E-state index contributed by atoms with van der Waals surface area (Å²) < 4.78 is 16.8. The maximum Gasteiger partial charge on any atom is 0.295 e. The molecule has 1 N–H and O–H groups in total. The number of nitrogens with zero attached hydrogens (tertiary/aromatic N) is 1. The molecule has 0 unspecified atom stereocenters. The number of hydrogen-bond donors (Lipinski definition) is 1. The number of rotatable bonds is 7. The predicted molar refractivity (Wildman–Crippen MR) is 92.2 cm³/mol. The molecule has 1 fully saturated rings. The van der Waals surface area contributed by atoms with E-state index in [9.17, 15) is 0 Å². The molecule has 0 saturated carbocycles. The number of ether oxygens (including phenoxy) is 2. The van der Waals surface area contributed by atoms with E-state index in [0.717, 1.165) is 48.6 Å². The van der Waals surface area contributed by atoms with E-state index in [2.05, 4.69) is 10.3 Å². The Labute approximate surface area is 140 Å². The van der Waals surface area contributed by atoms with E-state index in [-0.39, 0.29) is 0 Å². The van der Waals surface area contributed by atoms with Crippen molar-refractivity contribution in [3.8, 4) is 5.75 Å². The van der Waals surface area contributed by atoms with E-state index >= 15 is 0 Å². The van der Waals surface area contributed by atoms with Gasteiger partial charge in [0.25, 0.3) is 6.01 Å². The standard InChI is InChI=1S/C19H20N2O3/c1-2-4-14(5-3-1)13-23-16-6-7-17-18(10-16)24-19(21-17)20-9-8-15-11-22-12-15/h1-7,10,15H,8-9,11-13H2,(H,20,21). The first-order valence-electron chi connectivity index (χ1n) is 8.26. The van der Waals surface area contributed by atoms with E-state index in [1.54, 1.807) is 0 Å². The number of oxazole rings is 1. The Morgan fingerprint density at radius 2 is 2.00 bits per heavy atom. The molecule has 4 rings (SSSR count). The molecule has 24 heavy (non-hydrogen) atoms. The molecule has 1 aliphatic rings. The Kier molecular flexibility index (Phi) is 4.34. The first kappa shape index (κ1) is 15.0. The topological polar surface area (TPSA) is 56.5 Å². The number of fused-ring (bicyclic) bond motifs is 1. The van der Waals surface area contributed by atoms with Gasteiger partial charge in [0, 0.05) is 18.5 Å². The van der Waals surface area contributed by atoms with Gasteiger partial charge in [-0.25, -0.2) is 0 Å². The zero-order valence-corrected chi connectivity index (χ0v) is 13.4. The molecule has 1 saturated heterocycles. The van der Waals surface area contributed by atoms with Crippen LogP contribution in [0.3, 0.4) is 0 Å². The van der Waals surface area contributed by atoms with Gasteiger partial charge in [0.15, 0.2) is 5.58 Å². The summed E-state index contributed by atoms with van der Waals surface area (Å²) in [6.45, 7) is 3.13. The number of hydrogen-bond acceptors (Lipinski definition) is 5. The summed E-state index contributed by atoms with van der Waals surface area (Å²) >= 11 is 0. The number of aromatic nitrogens is 1. The minimum Gasteiger partial charge on any atom is -0.489 e. The number of benzene rings is 2. The lowest BCUT2D eigenvalue weighted by atomic mass is 10.0. The fraction of sp³-hybridized carbons (Fsp3) is 0.316. The van der Waals surface area contributed by atoms with Crippen molar-refractivity contribution in [1.82, 2.24) is 4.98 Å². The van der Waals surface area contributed by atoms with Gasteiger partial charge in [0.2, 0.25) is 0 Å². The Balaban J connectivity index is 1.37. The number of nitrogens with one attached hydrogen (secondary N) is 1.